The van der Waals surface area contributed by atoms with E-state index >= 15 is 4.39 Å². The number of carbonyl (C=O) groups is 1. The Kier molecular flexibility index (Phi) is 4.22. The summed E-state index contributed by atoms with van der Waals surface area (Å²) in [5.41, 5.74) is 7.05. The molecular formula is C20H24FN3O3. The van der Waals surface area contributed by atoms with Gasteiger partial charge in [0.1, 0.15) is 11.4 Å². The van der Waals surface area contributed by atoms with Gasteiger partial charge in [-0.25, -0.2) is 9.18 Å². The van der Waals surface area contributed by atoms with E-state index in [-0.39, 0.29) is 23.5 Å². The second-order valence-corrected chi connectivity index (χ2v) is 7.89. The Morgan fingerprint density at radius 3 is 2.59 bits per heavy atom. The summed E-state index contributed by atoms with van der Waals surface area (Å²) in [5.74, 6) is -1.36. The van der Waals surface area contributed by atoms with Crippen LogP contribution in [0.15, 0.2) is 16.9 Å². The van der Waals surface area contributed by atoms with Crippen LogP contribution < -0.4 is 16.2 Å². The minimum atomic E-state index is -1.28. The number of halogens is 1. The zero-order valence-electron chi connectivity index (χ0n) is 15.5. The van der Waals surface area contributed by atoms with Gasteiger partial charge in [0.2, 0.25) is 0 Å². The van der Waals surface area contributed by atoms with Crippen molar-refractivity contribution in [1.82, 2.24) is 4.57 Å². The minimum absolute atomic E-state index is 0.00768. The summed E-state index contributed by atoms with van der Waals surface area (Å²) in [6.45, 7) is 5.19. The van der Waals surface area contributed by atoms with E-state index in [0.717, 1.165) is 25.8 Å². The lowest BCUT2D eigenvalue weighted by Gasteiger charge is -2.25. The number of fused-ring (bicyclic) bond motifs is 1. The van der Waals surface area contributed by atoms with E-state index in [1.807, 2.05) is 18.7 Å². The van der Waals surface area contributed by atoms with Crippen LogP contribution in [-0.2, 0) is 0 Å². The summed E-state index contributed by atoms with van der Waals surface area (Å²) in [5, 5.41) is 9.83. The van der Waals surface area contributed by atoms with Crippen LogP contribution in [0.4, 0.5) is 10.1 Å². The number of anilines is 1. The van der Waals surface area contributed by atoms with Crippen LogP contribution in [0.5, 0.6) is 0 Å². The van der Waals surface area contributed by atoms with E-state index in [1.54, 1.807) is 4.57 Å². The molecule has 1 aromatic heterocycles. The van der Waals surface area contributed by atoms with Gasteiger partial charge in [-0.2, -0.15) is 0 Å². The largest absolute Gasteiger partial charge is 0.477 e. The maximum absolute atomic E-state index is 15.0. The van der Waals surface area contributed by atoms with Gasteiger partial charge in [0.15, 0.2) is 0 Å². The number of pyridine rings is 1. The second kappa shape index (κ2) is 6.34. The molecule has 1 aromatic carbocycles. The fraction of sp³-hybridized carbons (Fsp3) is 0.500. The van der Waals surface area contributed by atoms with Crippen molar-refractivity contribution in [2.75, 3.05) is 18.0 Å². The lowest BCUT2D eigenvalue weighted by atomic mass is 10.0. The standard InChI is InChI=1S/C20H24FN3O3/c1-10-17-13(7-15(20(26)27)19(25)24(17)14-3-4-14)8-16(21)18(10)23-6-5-12(9-23)11(2)22/h7-8,11-12,14H,3-6,9,22H2,1-2H3,(H,26,27)/t11?,12-/m1/s1. The van der Waals surface area contributed by atoms with Gasteiger partial charge in [-0.3, -0.25) is 4.79 Å². The van der Waals surface area contributed by atoms with Gasteiger partial charge in [-0.05, 0) is 56.7 Å². The molecule has 1 saturated heterocycles. The molecule has 7 heteroatoms. The monoisotopic (exact) mass is 373 g/mol. The number of aryl methyl sites for hydroxylation is 1. The number of benzene rings is 1. The first-order valence-corrected chi connectivity index (χ1v) is 9.41. The smallest absolute Gasteiger partial charge is 0.341 e. The van der Waals surface area contributed by atoms with Crippen molar-refractivity contribution in [2.45, 2.75) is 45.2 Å². The predicted molar refractivity (Wildman–Crippen MR) is 102 cm³/mol. The third-order valence-corrected chi connectivity index (χ3v) is 5.91. The lowest BCUT2D eigenvalue weighted by Crippen LogP contribution is -2.31. The molecule has 2 atom stereocenters. The number of carboxylic acid groups (broad SMARTS) is 1. The Morgan fingerprint density at radius 1 is 1.33 bits per heavy atom. The average Bonchev–Trinajstić information content (AvgIpc) is 3.31. The quantitative estimate of drug-likeness (QED) is 0.860. The molecule has 0 radical (unpaired) electrons. The second-order valence-electron chi connectivity index (χ2n) is 7.89. The van der Waals surface area contributed by atoms with E-state index in [1.165, 1.54) is 12.1 Å². The zero-order chi connectivity index (χ0) is 19.5. The molecule has 1 unspecified atom stereocenters. The molecular weight excluding hydrogens is 349 g/mol. The van der Waals surface area contributed by atoms with Crippen molar-refractivity contribution in [3.63, 3.8) is 0 Å². The summed E-state index contributed by atoms with van der Waals surface area (Å²) in [6, 6.07) is 2.70. The highest BCUT2D eigenvalue weighted by atomic mass is 19.1. The molecule has 1 aliphatic heterocycles. The van der Waals surface area contributed by atoms with Crippen LogP contribution >= 0.6 is 0 Å². The van der Waals surface area contributed by atoms with Crippen LogP contribution in [0.3, 0.4) is 0 Å². The average molecular weight is 373 g/mol. The van der Waals surface area contributed by atoms with E-state index in [9.17, 15) is 14.7 Å². The van der Waals surface area contributed by atoms with E-state index in [0.29, 0.717) is 34.6 Å². The number of nitrogens with zero attached hydrogens (tertiary/aromatic N) is 2. The van der Waals surface area contributed by atoms with Crippen LogP contribution in [-0.4, -0.2) is 34.8 Å². The van der Waals surface area contributed by atoms with Gasteiger partial charge in [0.25, 0.3) is 5.56 Å². The highest BCUT2D eigenvalue weighted by Crippen LogP contribution is 2.40. The molecule has 0 bridgehead atoms. The van der Waals surface area contributed by atoms with Gasteiger partial charge in [-0.15, -0.1) is 0 Å². The highest BCUT2D eigenvalue weighted by Gasteiger charge is 2.32. The van der Waals surface area contributed by atoms with Crippen molar-refractivity contribution < 1.29 is 14.3 Å². The fourth-order valence-electron chi connectivity index (χ4n) is 4.30. The molecule has 1 saturated carbocycles. The van der Waals surface area contributed by atoms with E-state index < -0.39 is 11.5 Å². The Morgan fingerprint density at radius 2 is 2.04 bits per heavy atom. The maximum atomic E-state index is 15.0. The molecule has 4 rings (SSSR count). The molecule has 3 N–H and O–H groups in total. The third-order valence-electron chi connectivity index (χ3n) is 5.91. The zero-order valence-corrected chi connectivity index (χ0v) is 15.5. The topological polar surface area (TPSA) is 88.6 Å². The Hall–Kier alpha value is -2.41. The van der Waals surface area contributed by atoms with Crippen molar-refractivity contribution in [2.24, 2.45) is 11.7 Å². The Bertz CT molecular complexity index is 994. The highest BCUT2D eigenvalue weighted by molar-refractivity contribution is 5.95. The molecule has 1 aliphatic carbocycles. The van der Waals surface area contributed by atoms with Crippen LogP contribution in [0.25, 0.3) is 10.9 Å². The van der Waals surface area contributed by atoms with Gasteiger partial charge in [0.05, 0.1) is 11.2 Å². The molecule has 27 heavy (non-hydrogen) atoms. The number of nitrogens with two attached hydrogens (primary N) is 1. The van der Waals surface area contributed by atoms with E-state index in [4.69, 9.17) is 5.73 Å². The van der Waals surface area contributed by atoms with Crippen LogP contribution in [0.1, 0.15) is 48.1 Å². The van der Waals surface area contributed by atoms with Crippen molar-refractivity contribution in [1.29, 1.82) is 0 Å². The predicted octanol–water partition coefficient (Wildman–Crippen LogP) is 2.66. The fourth-order valence-corrected chi connectivity index (χ4v) is 4.30. The number of carboxylic acids is 1. The number of hydrogen-bond acceptors (Lipinski definition) is 4. The lowest BCUT2D eigenvalue weighted by molar-refractivity contribution is 0.0694. The van der Waals surface area contributed by atoms with E-state index in [2.05, 4.69) is 0 Å². The Balaban J connectivity index is 1.93. The number of rotatable bonds is 4. The van der Waals surface area contributed by atoms with Crippen molar-refractivity contribution in [3.8, 4) is 0 Å². The molecule has 2 aromatic rings. The van der Waals surface area contributed by atoms with Gasteiger partial charge in [0, 0.05) is 30.6 Å². The summed E-state index contributed by atoms with van der Waals surface area (Å²) in [6.07, 6.45) is 2.57. The van der Waals surface area contributed by atoms with Crippen LogP contribution in [0, 0.1) is 18.7 Å². The number of aromatic nitrogens is 1. The minimum Gasteiger partial charge on any atom is -0.477 e. The van der Waals surface area contributed by atoms with Crippen LogP contribution in [0.2, 0.25) is 0 Å². The van der Waals surface area contributed by atoms with Gasteiger partial charge in [-0.1, -0.05) is 0 Å². The molecule has 2 heterocycles. The summed E-state index contributed by atoms with van der Waals surface area (Å²) in [7, 11) is 0. The first-order valence-electron chi connectivity index (χ1n) is 9.41. The molecule has 2 fully saturated rings. The molecule has 0 spiro atoms. The SMILES string of the molecule is Cc1c(N2CC[C@@H](C(C)N)C2)c(F)cc2cc(C(=O)O)c(=O)n(C3CC3)c12. The summed E-state index contributed by atoms with van der Waals surface area (Å²) < 4.78 is 16.6. The maximum Gasteiger partial charge on any atom is 0.341 e. The molecule has 2 aliphatic rings. The number of aromatic carboxylic acids is 1. The first kappa shape index (κ1) is 18.0. The Labute approximate surface area is 156 Å². The number of hydrogen-bond donors (Lipinski definition) is 2. The summed E-state index contributed by atoms with van der Waals surface area (Å²) in [4.78, 5) is 26.3. The summed E-state index contributed by atoms with van der Waals surface area (Å²) >= 11 is 0. The normalized spacial score (nSPS) is 21.0. The third kappa shape index (κ3) is 2.90. The first-order chi connectivity index (χ1) is 12.8. The molecule has 0 amide bonds. The molecule has 144 valence electrons. The van der Waals surface area contributed by atoms with Crippen molar-refractivity contribution >= 4 is 22.6 Å². The van der Waals surface area contributed by atoms with Gasteiger partial charge < -0.3 is 20.3 Å². The molecule has 6 nitrogen and oxygen atoms in total. The van der Waals surface area contributed by atoms with Crippen molar-refractivity contribution in [3.05, 3.63) is 39.4 Å². The van der Waals surface area contributed by atoms with Gasteiger partial charge >= 0.3 is 5.97 Å².